The van der Waals surface area contributed by atoms with Crippen molar-refractivity contribution in [1.29, 1.82) is 0 Å². The van der Waals surface area contributed by atoms with Crippen molar-refractivity contribution in [2.45, 2.75) is 30.9 Å². The van der Waals surface area contributed by atoms with E-state index in [-0.39, 0.29) is 42.6 Å². The van der Waals surface area contributed by atoms with Crippen molar-refractivity contribution in [3.63, 3.8) is 0 Å². The van der Waals surface area contributed by atoms with Crippen LogP contribution >= 0.6 is 0 Å². The van der Waals surface area contributed by atoms with Crippen LogP contribution in [0.5, 0.6) is 0 Å². The van der Waals surface area contributed by atoms with Crippen LogP contribution in [-0.2, 0) is 19.9 Å². The van der Waals surface area contributed by atoms with Crippen molar-refractivity contribution in [2.75, 3.05) is 24.6 Å². The van der Waals surface area contributed by atoms with Gasteiger partial charge in [-0.25, -0.2) is 21.1 Å². The first-order valence-electron chi connectivity index (χ1n) is 6.93. The molecule has 2 aliphatic rings. The monoisotopic (exact) mass is 339 g/mol. The Kier molecular flexibility index (Phi) is 4.79. The fraction of sp³-hybridized carbons (Fsp3) is 0.909. The Morgan fingerprint density at radius 3 is 2.43 bits per heavy atom. The first-order chi connectivity index (χ1) is 9.76. The molecule has 2 rings (SSSR count). The van der Waals surface area contributed by atoms with E-state index in [0.29, 0.717) is 19.4 Å². The number of oxime groups is 1. The van der Waals surface area contributed by atoms with E-state index in [0.717, 1.165) is 0 Å². The molecule has 3 N–H and O–H groups in total. The Morgan fingerprint density at radius 1 is 1.24 bits per heavy atom. The van der Waals surface area contributed by atoms with E-state index in [9.17, 15) is 16.8 Å². The topological polar surface area (TPSA) is 130 Å². The molecule has 2 saturated heterocycles. The molecule has 0 aromatic rings. The van der Waals surface area contributed by atoms with Gasteiger partial charge in [-0.3, -0.25) is 0 Å². The van der Waals surface area contributed by atoms with Gasteiger partial charge < -0.3 is 10.9 Å². The van der Waals surface area contributed by atoms with Crippen molar-refractivity contribution in [3.8, 4) is 0 Å². The molecule has 0 aromatic carbocycles. The van der Waals surface area contributed by atoms with Crippen LogP contribution in [0.4, 0.5) is 0 Å². The predicted molar refractivity (Wildman–Crippen MR) is 78.3 cm³/mol. The number of sulfone groups is 1. The molecule has 10 heteroatoms. The van der Waals surface area contributed by atoms with E-state index in [1.165, 1.54) is 4.31 Å². The predicted octanol–water partition coefficient (Wildman–Crippen LogP) is -0.648. The molecule has 0 spiro atoms. The van der Waals surface area contributed by atoms with Crippen molar-refractivity contribution < 1.29 is 22.0 Å². The first-order valence-corrected chi connectivity index (χ1v) is 10.3. The van der Waals surface area contributed by atoms with Crippen LogP contribution < -0.4 is 5.73 Å². The van der Waals surface area contributed by atoms with Gasteiger partial charge in [-0.2, -0.15) is 0 Å². The average Bonchev–Trinajstić information content (AvgIpc) is 2.46. The largest absolute Gasteiger partial charge is 0.409 e. The minimum atomic E-state index is -3.53. The lowest BCUT2D eigenvalue weighted by atomic mass is 9.99. The van der Waals surface area contributed by atoms with Gasteiger partial charge in [-0.1, -0.05) is 5.16 Å². The van der Waals surface area contributed by atoms with Crippen LogP contribution in [0.2, 0.25) is 0 Å². The number of sulfonamides is 1. The second-order valence-electron chi connectivity index (χ2n) is 5.62. The number of nitrogens with two attached hydrogens (primary N) is 1. The fourth-order valence-corrected chi connectivity index (χ4v) is 6.69. The zero-order valence-corrected chi connectivity index (χ0v) is 13.3. The highest BCUT2D eigenvalue weighted by molar-refractivity contribution is 7.92. The van der Waals surface area contributed by atoms with Crippen molar-refractivity contribution in [1.82, 2.24) is 4.31 Å². The standard InChI is InChI=1S/C11H21N3O5S2/c12-11(13-15)9-2-1-5-14(8-9)21(18,19)10-3-6-20(16,17)7-4-10/h9-10,15H,1-8H2,(H2,12,13). The lowest BCUT2D eigenvalue weighted by Gasteiger charge is -2.34. The zero-order valence-electron chi connectivity index (χ0n) is 11.7. The van der Waals surface area contributed by atoms with E-state index in [1.54, 1.807) is 0 Å². The maximum atomic E-state index is 12.6. The summed E-state index contributed by atoms with van der Waals surface area (Å²) >= 11 is 0. The van der Waals surface area contributed by atoms with Gasteiger partial charge in [0, 0.05) is 19.0 Å². The van der Waals surface area contributed by atoms with Crippen LogP contribution in [0.15, 0.2) is 5.16 Å². The van der Waals surface area contributed by atoms with E-state index >= 15 is 0 Å². The molecule has 21 heavy (non-hydrogen) atoms. The minimum absolute atomic E-state index is 0.0427. The van der Waals surface area contributed by atoms with Crippen LogP contribution in [0.25, 0.3) is 0 Å². The molecule has 0 aliphatic carbocycles. The number of hydrogen-bond acceptors (Lipinski definition) is 6. The molecule has 2 aliphatic heterocycles. The molecule has 8 nitrogen and oxygen atoms in total. The Labute approximate surface area is 125 Å². The molecular formula is C11H21N3O5S2. The van der Waals surface area contributed by atoms with Gasteiger partial charge in [0.2, 0.25) is 10.0 Å². The molecule has 0 amide bonds. The smallest absolute Gasteiger partial charge is 0.217 e. The highest BCUT2D eigenvalue weighted by atomic mass is 32.2. The Hall–Kier alpha value is -0.870. The molecule has 1 atom stereocenters. The highest BCUT2D eigenvalue weighted by Gasteiger charge is 2.39. The SMILES string of the molecule is NC(=NO)C1CCCN(S(=O)(=O)C2CCS(=O)(=O)CC2)C1. The molecule has 0 saturated carbocycles. The summed E-state index contributed by atoms with van der Waals surface area (Å²) in [5.41, 5.74) is 5.57. The lowest BCUT2D eigenvalue weighted by Crippen LogP contribution is -2.48. The molecule has 0 bridgehead atoms. The van der Waals surface area contributed by atoms with E-state index < -0.39 is 25.1 Å². The summed E-state index contributed by atoms with van der Waals surface area (Å²) in [6.45, 7) is 0.599. The minimum Gasteiger partial charge on any atom is -0.409 e. The van der Waals surface area contributed by atoms with Crippen molar-refractivity contribution in [3.05, 3.63) is 0 Å². The van der Waals surface area contributed by atoms with Gasteiger partial charge in [0.05, 0.1) is 16.8 Å². The summed E-state index contributed by atoms with van der Waals surface area (Å²) < 4.78 is 49.4. The van der Waals surface area contributed by atoms with Gasteiger partial charge in [-0.05, 0) is 25.7 Å². The number of rotatable bonds is 3. The zero-order chi connectivity index (χ0) is 15.7. The molecule has 0 aromatic heterocycles. The third kappa shape index (κ3) is 3.67. The number of nitrogens with zero attached hydrogens (tertiary/aromatic N) is 2. The number of amidine groups is 1. The van der Waals surface area contributed by atoms with Gasteiger partial charge >= 0.3 is 0 Å². The first kappa shape index (κ1) is 16.5. The van der Waals surface area contributed by atoms with E-state index in [1.807, 2.05) is 0 Å². The lowest BCUT2D eigenvalue weighted by molar-refractivity contribution is 0.285. The van der Waals surface area contributed by atoms with Gasteiger partial charge in [0.25, 0.3) is 0 Å². The fourth-order valence-electron chi connectivity index (χ4n) is 2.87. The normalized spacial score (nSPS) is 29.3. The third-order valence-electron chi connectivity index (χ3n) is 4.20. The maximum absolute atomic E-state index is 12.6. The summed E-state index contributed by atoms with van der Waals surface area (Å²) in [5, 5.41) is 11.0. The molecule has 0 radical (unpaired) electrons. The quantitative estimate of drug-likeness (QED) is 0.304. The second kappa shape index (κ2) is 6.09. The summed E-state index contributed by atoms with van der Waals surface area (Å²) in [5.74, 6) is -0.394. The third-order valence-corrected chi connectivity index (χ3v) is 8.28. The van der Waals surface area contributed by atoms with Crippen molar-refractivity contribution in [2.24, 2.45) is 16.8 Å². The van der Waals surface area contributed by atoms with Gasteiger partial charge in [0.15, 0.2) is 0 Å². The summed E-state index contributed by atoms with van der Waals surface area (Å²) in [4.78, 5) is 0. The number of piperidine rings is 1. The van der Waals surface area contributed by atoms with E-state index in [4.69, 9.17) is 10.9 Å². The Balaban J connectivity index is 2.09. The maximum Gasteiger partial charge on any atom is 0.217 e. The van der Waals surface area contributed by atoms with Crippen LogP contribution in [-0.4, -0.2) is 62.0 Å². The average molecular weight is 339 g/mol. The molecule has 1 unspecified atom stereocenters. The van der Waals surface area contributed by atoms with E-state index in [2.05, 4.69) is 5.16 Å². The Morgan fingerprint density at radius 2 is 1.86 bits per heavy atom. The molecule has 2 fully saturated rings. The summed E-state index contributed by atoms with van der Waals surface area (Å²) in [6.07, 6.45) is 1.62. The van der Waals surface area contributed by atoms with Crippen LogP contribution in [0.3, 0.4) is 0 Å². The molecule has 122 valence electrons. The van der Waals surface area contributed by atoms with Crippen LogP contribution in [0, 0.1) is 5.92 Å². The molecule has 2 heterocycles. The number of hydrogen-bond donors (Lipinski definition) is 2. The highest BCUT2D eigenvalue weighted by Crippen LogP contribution is 2.26. The Bertz CT molecular complexity index is 600. The summed E-state index contributed by atoms with van der Waals surface area (Å²) in [7, 11) is -6.62. The van der Waals surface area contributed by atoms with Crippen LogP contribution in [0.1, 0.15) is 25.7 Å². The second-order valence-corrected chi connectivity index (χ2v) is 10.1. The van der Waals surface area contributed by atoms with Gasteiger partial charge in [0.1, 0.15) is 15.7 Å². The summed E-state index contributed by atoms with van der Waals surface area (Å²) in [6, 6.07) is 0. The van der Waals surface area contributed by atoms with Crippen molar-refractivity contribution >= 4 is 25.7 Å². The van der Waals surface area contributed by atoms with Gasteiger partial charge in [-0.15, -0.1) is 0 Å². The molecular weight excluding hydrogens is 318 g/mol.